The summed E-state index contributed by atoms with van der Waals surface area (Å²) in [6, 6.07) is 5.15. The molecule has 0 bridgehead atoms. The fourth-order valence-electron chi connectivity index (χ4n) is 1.68. The minimum atomic E-state index is -0.204. The van der Waals surface area contributed by atoms with Gasteiger partial charge in [0.05, 0.1) is 0 Å². The first-order valence-electron chi connectivity index (χ1n) is 5.85. The van der Waals surface area contributed by atoms with Crippen molar-refractivity contribution in [3.05, 3.63) is 34.6 Å². The Morgan fingerprint density at radius 2 is 2.12 bits per heavy atom. The third-order valence-corrected chi connectivity index (χ3v) is 3.04. The second-order valence-corrected chi connectivity index (χ2v) is 4.37. The van der Waals surface area contributed by atoms with E-state index in [1.165, 1.54) is 6.07 Å². The molecule has 1 nitrogen and oxygen atoms in total. The van der Waals surface area contributed by atoms with E-state index < -0.39 is 0 Å². The molecule has 0 amide bonds. The molecule has 1 aromatic rings. The Balaban J connectivity index is 2.69. The van der Waals surface area contributed by atoms with Crippen LogP contribution in [0, 0.1) is 5.82 Å². The SMILES string of the molecule is CCCNC(CC)Cc1c(F)cccc1Cl. The Kier molecular flexibility index (Phi) is 5.78. The van der Waals surface area contributed by atoms with Crippen LogP contribution in [0.2, 0.25) is 5.02 Å². The minimum absolute atomic E-state index is 0.204. The number of hydrogen-bond donors (Lipinski definition) is 1. The van der Waals surface area contributed by atoms with E-state index in [1.54, 1.807) is 12.1 Å². The van der Waals surface area contributed by atoms with Gasteiger partial charge in [0.15, 0.2) is 0 Å². The van der Waals surface area contributed by atoms with Gasteiger partial charge in [0, 0.05) is 16.6 Å². The monoisotopic (exact) mass is 243 g/mol. The van der Waals surface area contributed by atoms with Crippen LogP contribution in [0.1, 0.15) is 32.3 Å². The van der Waals surface area contributed by atoms with Gasteiger partial charge in [-0.25, -0.2) is 4.39 Å². The van der Waals surface area contributed by atoms with Gasteiger partial charge in [0.25, 0.3) is 0 Å². The van der Waals surface area contributed by atoms with Crippen molar-refractivity contribution in [1.82, 2.24) is 5.32 Å². The van der Waals surface area contributed by atoms with Crippen LogP contribution in [0.25, 0.3) is 0 Å². The highest BCUT2D eigenvalue weighted by atomic mass is 35.5. The van der Waals surface area contributed by atoms with Crippen LogP contribution in [0.5, 0.6) is 0 Å². The van der Waals surface area contributed by atoms with Gasteiger partial charge >= 0.3 is 0 Å². The first-order valence-corrected chi connectivity index (χ1v) is 6.23. The van der Waals surface area contributed by atoms with Gasteiger partial charge in [0.2, 0.25) is 0 Å². The highest BCUT2D eigenvalue weighted by molar-refractivity contribution is 6.31. The van der Waals surface area contributed by atoms with E-state index in [0.29, 0.717) is 23.0 Å². The molecule has 0 fully saturated rings. The zero-order valence-electron chi connectivity index (χ0n) is 9.89. The van der Waals surface area contributed by atoms with Gasteiger partial charge in [-0.2, -0.15) is 0 Å². The van der Waals surface area contributed by atoms with Crippen LogP contribution in [-0.2, 0) is 6.42 Å². The summed E-state index contributed by atoms with van der Waals surface area (Å²) in [7, 11) is 0. The van der Waals surface area contributed by atoms with Crippen molar-refractivity contribution in [3.8, 4) is 0 Å². The van der Waals surface area contributed by atoms with Gasteiger partial charge in [-0.3, -0.25) is 0 Å². The third-order valence-electron chi connectivity index (χ3n) is 2.69. The zero-order valence-corrected chi connectivity index (χ0v) is 10.6. The predicted molar refractivity (Wildman–Crippen MR) is 67.5 cm³/mol. The molecular formula is C13H19ClFN. The van der Waals surface area contributed by atoms with Crippen molar-refractivity contribution < 1.29 is 4.39 Å². The van der Waals surface area contributed by atoms with Gasteiger partial charge in [-0.05, 0) is 37.9 Å². The molecule has 1 aromatic carbocycles. The first-order chi connectivity index (χ1) is 7.69. The van der Waals surface area contributed by atoms with Gasteiger partial charge in [0.1, 0.15) is 5.82 Å². The molecule has 1 rings (SSSR count). The summed E-state index contributed by atoms with van der Waals surface area (Å²) >= 11 is 6.00. The largest absolute Gasteiger partial charge is 0.314 e. The van der Waals surface area contributed by atoms with E-state index >= 15 is 0 Å². The van der Waals surface area contributed by atoms with Crippen molar-refractivity contribution >= 4 is 11.6 Å². The summed E-state index contributed by atoms with van der Waals surface area (Å²) in [4.78, 5) is 0. The lowest BCUT2D eigenvalue weighted by Gasteiger charge is -2.17. The molecule has 1 unspecified atom stereocenters. The average molecular weight is 244 g/mol. The maximum Gasteiger partial charge on any atom is 0.127 e. The number of hydrogen-bond acceptors (Lipinski definition) is 1. The lowest BCUT2D eigenvalue weighted by atomic mass is 10.0. The summed E-state index contributed by atoms with van der Waals surface area (Å²) in [6.45, 7) is 5.18. The molecule has 0 aliphatic heterocycles. The molecular weight excluding hydrogens is 225 g/mol. The van der Waals surface area contributed by atoms with Crippen molar-refractivity contribution in [2.45, 2.75) is 39.2 Å². The summed E-state index contributed by atoms with van der Waals surface area (Å²) < 4.78 is 13.6. The Morgan fingerprint density at radius 3 is 2.69 bits per heavy atom. The second-order valence-electron chi connectivity index (χ2n) is 3.96. The lowest BCUT2D eigenvalue weighted by Crippen LogP contribution is -2.31. The highest BCUT2D eigenvalue weighted by Gasteiger charge is 2.12. The molecule has 1 N–H and O–H groups in total. The van der Waals surface area contributed by atoms with Crippen LogP contribution in [-0.4, -0.2) is 12.6 Å². The topological polar surface area (TPSA) is 12.0 Å². The first kappa shape index (κ1) is 13.5. The Bertz CT molecular complexity index is 307. The lowest BCUT2D eigenvalue weighted by molar-refractivity contribution is 0.483. The quantitative estimate of drug-likeness (QED) is 0.802. The molecule has 0 aliphatic carbocycles. The molecule has 0 saturated carbocycles. The molecule has 90 valence electrons. The van der Waals surface area contributed by atoms with Crippen LogP contribution < -0.4 is 5.32 Å². The Hall–Kier alpha value is -0.600. The second kappa shape index (κ2) is 6.87. The smallest absolute Gasteiger partial charge is 0.127 e. The molecule has 0 aromatic heterocycles. The van der Waals surface area contributed by atoms with Crippen molar-refractivity contribution in [1.29, 1.82) is 0 Å². The van der Waals surface area contributed by atoms with E-state index in [2.05, 4.69) is 19.2 Å². The van der Waals surface area contributed by atoms with Crippen molar-refractivity contribution in [2.24, 2.45) is 0 Å². The Labute approximate surface area is 102 Å². The molecule has 0 heterocycles. The Morgan fingerprint density at radius 1 is 1.38 bits per heavy atom. The summed E-state index contributed by atoms with van der Waals surface area (Å²) in [5.41, 5.74) is 0.625. The number of rotatable bonds is 6. The van der Waals surface area contributed by atoms with E-state index in [-0.39, 0.29) is 5.82 Å². The average Bonchev–Trinajstić information content (AvgIpc) is 2.28. The molecule has 0 aliphatic rings. The molecule has 3 heteroatoms. The summed E-state index contributed by atoms with van der Waals surface area (Å²) in [6.07, 6.45) is 2.72. The molecule has 16 heavy (non-hydrogen) atoms. The molecule has 0 saturated heterocycles. The van der Waals surface area contributed by atoms with Gasteiger partial charge in [-0.15, -0.1) is 0 Å². The fourth-order valence-corrected chi connectivity index (χ4v) is 1.92. The number of nitrogens with one attached hydrogen (secondary N) is 1. The predicted octanol–water partition coefficient (Wildman–Crippen LogP) is 3.80. The fraction of sp³-hybridized carbons (Fsp3) is 0.538. The van der Waals surface area contributed by atoms with Crippen LogP contribution in [0.4, 0.5) is 4.39 Å². The summed E-state index contributed by atoms with van der Waals surface area (Å²) in [5.74, 6) is -0.204. The van der Waals surface area contributed by atoms with E-state index in [0.717, 1.165) is 19.4 Å². The van der Waals surface area contributed by atoms with Crippen molar-refractivity contribution in [2.75, 3.05) is 6.54 Å². The number of benzene rings is 1. The maximum absolute atomic E-state index is 13.6. The van der Waals surface area contributed by atoms with Crippen LogP contribution in [0.15, 0.2) is 18.2 Å². The van der Waals surface area contributed by atoms with Gasteiger partial charge < -0.3 is 5.32 Å². The minimum Gasteiger partial charge on any atom is -0.314 e. The van der Waals surface area contributed by atoms with Crippen LogP contribution >= 0.6 is 11.6 Å². The van der Waals surface area contributed by atoms with Crippen LogP contribution in [0.3, 0.4) is 0 Å². The van der Waals surface area contributed by atoms with E-state index in [1.807, 2.05) is 0 Å². The van der Waals surface area contributed by atoms with Crippen molar-refractivity contribution in [3.63, 3.8) is 0 Å². The van der Waals surface area contributed by atoms with Gasteiger partial charge in [-0.1, -0.05) is 31.5 Å². The highest BCUT2D eigenvalue weighted by Crippen LogP contribution is 2.21. The molecule has 1 atom stereocenters. The van der Waals surface area contributed by atoms with E-state index in [4.69, 9.17) is 11.6 Å². The third kappa shape index (κ3) is 3.76. The summed E-state index contributed by atoms with van der Waals surface area (Å²) in [5, 5.41) is 3.92. The standard InChI is InChI=1S/C13H19ClFN/c1-3-8-16-10(4-2)9-11-12(14)6-5-7-13(11)15/h5-7,10,16H,3-4,8-9H2,1-2H3. The normalized spacial score (nSPS) is 12.8. The zero-order chi connectivity index (χ0) is 12.0. The maximum atomic E-state index is 13.6. The number of halogens is 2. The molecule has 0 spiro atoms. The van der Waals surface area contributed by atoms with E-state index in [9.17, 15) is 4.39 Å². The molecule has 0 radical (unpaired) electrons.